The molecule has 22 heavy (non-hydrogen) atoms. The largest absolute Gasteiger partial charge is 0.466 e. The van der Waals surface area contributed by atoms with Gasteiger partial charge in [0.05, 0.1) is 26.1 Å². The van der Waals surface area contributed by atoms with E-state index in [1.54, 1.807) is 0 Å². The molecule has 0 heterocycles. The Hall–Kier alpha value is -1.14. The van der Waals surface area contributed by atoms with Gasteiger partial charge in [0.2, 0.25) is 0 Å². The summed E-state index contributed by atoms with van der Waals surface area (Å²) < 4.78 is 10.1. The van der Waals surface area contributed by atoms with E-state index in [4.69, 9.17) is 20.9 Å². The van der Waals surface area contributed by atoms with Crippen LogP contribution < -0.4 is 11.5 Å². The van der Waals surface area contributed by atoms with Gasteiger partial charge in [-0.05, 0) is 38.8 Å². The molecule has 0 aromatic heterocycles. The van der Waals surface area contributed by atoms with Crippen molar-refractivity contribution in [1.82, 2.24) is 0 Å². The zero-order valence-electron chi connectivity index (χ0n) is 13.7. The van der Waals surface area contributed by atoms with Gasteiger partial charge in [0.25, 0.3) is 0 Å². The van der Waals surface area contributed by atoms with Gasteiger partial charge in [-0.3, -0.25) is 9.59 Å². The summed E-state index contributed by atoms with van der Waals surface area (Å²) in [6, 6.07) is 0. The Kier molecular flexibility index (Phi) is 15.4. The zero-order chi connectivity index (χ0) is 16.5. The van der Waals surface area contributed by atoms with Crippen LogP contribution >= 0.6 is 0 Å². The second-order valence-electron chi connectivity index (χ2n) is 5.35. The lowest BCUT2D eigenvalue weighted by Gasteiger charge is -2.06. The Morgan fingerprint density at radius 3 is 1.32 bits per heavy atom. The molecule has 0 radical (unpaired) electrons. The number of nitrogens with two attached hydrogens (primary N) is 2. The summed E-state index contributed by atoms with van der Waals surface area (Å²) in [6.07, 6.45) is 8.03. The molecule has 0 saturated heterocycles. The lowest BCUT2D eigenvalue weighted by atomic mass is 10.2. The predicted molar refractivity (Wildman–Crippen MR) is 86.2 cm³/mol. The van der Waals surface area contributed by atoms with Crippen LogP contribution in [0, 0.1) is 0 Å². The second-order valence-corrected chi connectivity index (χ2v) is 5.35. The maximum atomic E-state index is 11.4. The third-order valence-corrected chi connectivity index (χ3v) is 3.26. The van der Waals surface area contributed by atoms with E-state index in [9.17, 15) is 9.59 Å². The Labute approximate surface area is 133 Å². The van der Waals surface area contributed by atoms with E-state index in [0.29, 0.717) is 26.3 Å². The van der Waals surface area contributed by atoms with Crippen molar-refractivity contribution in [3.63, 3.8) is 0 Å². The number of ether oxygens (including phenoxy) is 2. The Morgan fingerprint density at radius 1 is 0.591 bits per heavy atom. The fourth-order valence-corrected chi connectivity index (χ4v) is 1.92. The standard InChI is InChI=1S/C16H32N2O4/c17-11-5-1-3-7-13-21-15(19)9-10-16(20)22-14-8-4-2-6-12-18/h1-14,17-18H2. The summed E-state index contributed by atoms with van der Waals surface area (Å²) in [5.41, 5.74) is 10.8. The molecule has 0 aliphatic heterocycles. The molecule has 0 amide bonds. The molecule has 6 nitrogen and oxygen atoms in total. The monoisotopic (exact) mass is 316 g/mol. The van der Waals surface area contributed by atoms with Crippen molar-refractivity contribution in [1.29, 1.82) is 0 Å². The minimum absolute atomic E-state index is 0.0921. The van der Waals surface area contributed by atoms with Crippen LogP contribution in [0.1, 0.15) is 64.2 Å². The van der Waals surface area contributed by atoms with Crippen molar-refractivity contribution in [2.24, 2.45) is 11.5 Å². The van der Waals surface area contributed by atoms with E-state index in [1.165, 1.54) is 0 Å². The van der Waals surface area contributed by atoms with Gasteiger partial charge in [-0.1, -0.05) is 25.7 Å². The lowest BCUT2D eigenvalue weighted by molar-refractivity contribution is -0.150. The maximum absolute atomic E-state index is 11.4. The second kappa shape index (κ2) is 16.2. The number of hydrogen-bond donors (Lipinski definition) is 2. The predicted octanol–water partition coefficient (Wildman–Crippen LogP) is 1.89. The normalized spacial score (nSPS) is 10.5. The Balaban J connectivity index is 3.36. The molecule has 130 valence electrons. The number of hydrogen-bond acceptors (Lipinski definition) is 6. The van der Waals surface area contributed by atoms with Gasteiger partial charge in [-0.25, -0.2) is 0 Å². The minimum Gasteiger partial charge on any atom is -0.466 e. The fourth-order valence-electron chi connectivity index (χ4n) is 1.92. The highest BCUT2D eigenvalue weighted by Crippen LogP contribution is 2.03. The van der Waals surface area contributed by atoms with Crippen LogP contribution in [-0.4, -0.2) is 38.2 Å². The zero-order valence-corrected chi connectivity index (χ0v) is 13.7. The highest BCUT2D eigenvalue weighted by molar-refractivity contribution is 5.77. The number of carbonyl (C=O) groups is 2. The number of unbranched alkanes of at least 4 members (excludes halogenated alkanes) is 6. The first kappa shape index (κ1) is 20.9. The fraction of sp³-hybridized carbons (Fsp3) is 0.875. The van der Waals surface area contributed by atoms with Gasteiger partial charge >= 0.3 is 11.9 Å². The first-order valence-electron chi connectivity index (χ1n) is 8.42. The summed E-state index contributed by atoms with van der Waals surface area (Å²) in [7, 11) is 0. The molecule has 0 saturated carbocycles. The first-order valence-corrected chi connectivity index (χ1v) is 8.42. The van der Waals surface area contributed by atoms with Crippen LogP contribution in [-0.2, 0) is 19.1 Å². The average molecular weight is 316 g/mol. The van der Waals surface area contributed by atoms with Crippen LogP contribution in [0.15, 0.2) is 0 Å². The molecule has 0 aromatic rings. The van der Waals surface area contributed by atoms with Crippen LogP contribution in [0.4, 0.5) is 0 Å². The summed E-state index contributed by atoms with van der Waals surface area (Å²) in [5, 5.41) is 0. The molecule has 0 spiro atoms. The highest BCUT2D eigenvalue weighted by Gasteiger charge is 2.08. The number of carbonyl (C=O) groups excluding carboxylic acids is 2. The molecule has 0 aromatic carbocycles. The molecule has 0 aliphatic rings. The molecule has 0 fully saturated rings. The topological polar surface area (TPSA) is 105 Å². The average Bonchev–Trinajstić information content (AvgIpc) is 2.52. The van der Waals surface area contributed by atoms with Gasteiger partial charge in [0, 0.05) is 0 Å². The SMILES string of the molecule is NCCCCCCOC(=O)CCC(=O)OCCCCCCN. The molecule has 0 aliphatic carbocycles. The quantitative estimate of drug-likeness (QED) is 0.353. The third-order valence-electron chi connectivity index (χ3n) is 3.26. The van der Waals surface area contributed by atoms with Gasteiger partial charge in [0.15, 0.2) is 0 Å². The van der Waals surface area contributed by atoms with Crippen LogP contribution in [0.5, 0.6) is 0 Å². The van der Waals surface area contributed by atoms with Crippen molar-refractivity contribution in [3.05, 3.63) is 0 Å². The van der Waals surface area contributed by atoms with Crippen molar-refractivity contribution in [3.8, 4) is 0 Å². The van der Waals surface area contributed by atoms with Crippen molar-refractivity contribution in [2.75, 3.05) is 26.3 Å². The number of esters is 2. The molecule has 0 bridgehead atoms. The smallest absolute Gasteiger partial charge is 0.306 e. The molecule has 0 unspecified atom stereocenters. The maximum Gasteiger partial charge on any atom is 0.306 e. The molecule has 0 rings (SSSR count). The highest BCUT2D eigenvalue weighted by atomic mass is 16.5. The third kappa shape index (κ3) is 15.3. The van der Waals surface area contributed by atoms with Crippen molar-refractivity contribution in [2.45, 2.75) is 64.2 Å². The van der Waals surface area contributed by atoms with Gasteiger partial charge in [0.1, 0.15) is 0 Å². The molecule has 0 atom stereocenters. The van der Waals surface area contributed by atoms with E-state index in [0.717, 1.165) is 51.4 Å². The van der Waals surface area contributed by atoms with E-state index < -0.39 is 0 Å². The summed E-state index contributed by atoms with van der Waals surface area (Å²) in [5.74, 6) is -0.669. The van der Waals surface area contributed by atoms with E-state index in [1.807, 2.05) is 0 Å². The van der Waals surface area contributed by atoms with E-state index in [-0.39, 0.29) is 24.8 Å². The van der Waals surface area contributed by atoms with Crippen molar-refractivity contribution < 1.29 is 19.1 Å². The van der Waals surface area contributed by atoms with Gasteiger partial charge < -0.3 is 20.9 Å². The molecular formula is C16H32N2O4. The van der Waals surface area contributed by atoms with Gasteiger partial charge in [-0.2, -0.15) is 0 Å². The van der Waals surface area contributed by atoms with Crippen LogP contribution in [0.3, 0.4) is 0 Å². The number of rotatable bonds is 15. The van der Waals surface area contributed by atoms with Crippen LogP contribution in [0.2, 0.25) is 0 Å². The molecule has 6 heteroatoms. The summed E-state index contributed by atoms with van der Waals surface area (Å²) in [4.78, 5) is 22.8. The lowest BCUT2D eigenvalue weighted by Crippen LogP contribution is -2.11. The van der Waals surface area contributed by atoms with Crippen molar-refractivity contribution >= 4 is 11.9 Å². The van der Waals surface area contributed by atoms with Gasteiger partial charge in [-0.15, -0.1) is 0 Å². The first-order chi connectivity index (χ1) is 10.7. The Morgan fingerprint density at radius 2 is 0.955 bits per heavy atom. The molecular weight excluding hydrogens is 284 g/mol. The minimum atomic E-state index is -0.335. The summed E-state index contributed by atoms with van der Waals surface area (Å²) >= 11 is 0. The van der Waals surface area contributed by atoms with E-state index in [2.05, 4.69) is 0 Å². The van der Waals surface area contributed by atoms with Crippen LogP contribution in [0.25, 0.3) is 0 Å². The summed E-state index contributed by atoms with van der Waals surface area (Å²) in [6.45, 7) is 2.24. The van der Waals surface area contributed by atoms with E-state index >= 15 is 0 Å². The molecule has 4 N–H and O–H groups in total. The Bertz CT molecular complexity index is 257.